The first-order valence-electron chi connectivity index (χ1n) is 10.5. The largest absolute Gasteiger partial charge is 0.336 e. The Balaban J connectivity index is 1.57. The molecule has 0 aliphatic carbocycles. The van der Waals surface area contributed by atoms with Crippen molar-refractivity contribution >= 4 is 17.7 Å². The first kappa shape index (κ1) is 21.3. The SMILES string of the molecule is CC(C)N1CCN(C(=O)c2ccc(CN3CCN(C(C)C)C(=O)C3=O)cc2)CC1. The highest BCUT2D eigenvalue weighted by molar-refractivity contribution is 6.35. The molecule has 1 aromatic rings. The molecule has 2 saturated heterocycles. The van der Waals surface area contributed by atoms with E-state index in [9.17, 15) is 14.4 Å². The maximum absolute atomic E-state index is 12.8. The predicted molar refractivity (Wildman–Crippen MR) is 111 cm³/mol. The fourth-order valence-electron chi connectivity index (χ4n) is 3.93. The van der Waals surface area contributed by atoms with E-state index in [0.29, 0.717) is 31.2 Å². The van der Waals surface area contributed by atoms with Crippen LogP contribution in [0.25, 0.3) is 0 Å². The summed E-state index contributed by atoms with van der Waals surface area (Å²) in [5.74, 6) is -0.830. The van der Waals surface area contributed by atoms with Crippen LogP contribution in [0.1, 0.15) is 43.6 Å². The molecule has 2 aliphatic heterocycles. The molecule has 0 saturated carbocycles. The number of piperazine rings is 2. The van der Waals surface area contributed by atoms with Crippen molar-refractivity contribution in [2.24, 2.45) is 0 Å². The summed E-state index contributed by atoms with van der Waals surface area (Å²) in [5.41, 5.74) is 1.59. The molecule has 0 radical (unpaired) electrons. The van der Waals surface area contributed by atoms with Gasteiger partial charge in [0, 0.05) is 63.5 Å². The van der Waals surface area contributed by atoms with Gasteiger partial charge in [0.15, 0.2) is 0 Å². The van der Waals surface area contributed by atoms with E-state index >= 15 is 0 Å². The van der Waals surface area contributed by atoms with E-state index < -0.39 is 11.8 Å². The molecule has 158 valence electrons. The first-order valence-corrected chi connectivity index (χ1v) is 10.5. The number of rotatable bonds is 5. The normalized spacial score (nSPS) is 18.9. The van der Waals surface area contributed by atoms with E-state index in [2.05, 4.69) is 18.7 Å². The van der Waals surface area contributed by atoms with Crippen molar-refractivity contribution in [1.82, 2.24) is 19.6 Å². The highest BCUT2D eigenvalue weighted by atomic mass is 16.2. The Morgan fingerprint density at radius 2 is 1.45 bits per heavy atom. The third kappa shape index (κ3) is 4.78. The molecule has 3 rings (SSSR count). The molecular formula is C22H32N4O3. The third-order valence-corrected chi connectivity index (χ3v) is 5.87. The highest BCUT2D eigenvalue weighted by Crippen LogP contribution is 2.15. The molecule has 3 amide bonds. The topological polar surface area (TPSA) is 64.2 Å². The van der Waals surface area contributed by atoms with Crippen molar-refractivity contribution < 1.29 is 14.4 Å². The zero-order chi connectivity index (χ0) is 21.1. The number of carbonyl (C=O) groups is 3. The summed E-state index contributed by atoms with van der Waals surface area (Å²) in [5, 5.41) is 0. The number of amides is 3. The standard InChI is InChI=1S/C22H32N4O3/c1-16(2)23-9-11-24(12-10-23)20(27)19-7-5-18(6-8-19)15-25-13-14-26(17(3)4)22(29)21(25)28/h5-8,16-17H,9-15H2,1-4H3. The van der Waals surface area contributed by atoms with Crippen LogP contribution in [-0.2, 0) is 16.1 Å². The van der Waals surface area contributed by atoms with E-state index in [0.717, 1.165) is 31.7 Å². The van der Waals surface area contributed by atoms with Gasteiger partial charge < -0.3 is 14.7 Å². The van der Waals surface area contributed by atoms with Gasteiger partial charge in [0.25, 0.3) is 5.91 Å². The summed E-state index contributed by atoms with van der Waals surface area (Å²) in [7, 11) is 0. The van der Waals surface area contributed by atoms with Crippen LogP contribution in [0.4, 0.5) is 0 Å². The zero-order valence-corrected chi connectivity index (χ0v) is 17.9. The van der Waals surface area contributed by atoms with E-state index in [-0.39, 0.29) is 11.9 Å². The third-order valence-electron chi connectivity index (χ3n) is 5.87. The molecular weight excluding hydrogens is 368 g/mol. The summed E-state index contributed by atoms with van der Waals surface area (Å²) in [6.45, 7) is 13.0. The van der Waals surface area contributed by atoms with Gasteiger partial charge in [-0.3, -0.25) is 19.3 Å². The van der Waals surface area contributed by atoms with Crippen molar-refractivity contribution in [3.05, 3.63) is 35.4 Å². The Bertz CT molecular complexity index is 752. The summed E-state index contributed by atoms with van der Waals surface area (Å²) in [4.78, 5) is 44.8. The smallest absolute Gasteiger partial charge is 0.312 e. The van der Waals surface area contributed by atoms with Crippen LogP contribution < -0.4 is 0 Å². The summed E-state index contributed by atoms with van der Waals surface area (Å²) in [6, 6.07) is 7.94. The van der Waals surface area contributed by atoms with Crippen LogP contribution in [0, 0.1) is 0 Å². The second-order valence-corrected chi connectivity index (χ2v) is 8.44. The van der Waals surface area contributed by atoms with Gasteiger partial charge >= 0.3 is 11.8 Å². The monoisotopic (exact) mass is 400 g/mol. The minimum Gasteiger partial charge on any atom is -0.336 e. The van der Waals surface area contributed by atoms with Crippen molar-refractivity contribution in [3.8, 4) is 0 Å². The molecule has 1 aromatic carbocycles. The number of nitrogens with zero attached hydrogens (tertiary/aromatic N) is 4. The maximum atomic E-state index is 12.8. The van der Waals surface area contributed by atoms with Gasteiger partial charge in [-0.2, -0.15) is 0 Å². The summed E-state index contributed by atoms with van der Waals surface area (Å²) >= 11 is 0. The van der Waals surface area contributed by atoms with Gasteiger partial charge in [-0.25, -0.2) is 0 Å². The molecule has 29 heavy (non-hydrogen) atoms. The van der Waals surface area contributed by atoms with Crippen LogP contribution in [0.2, 0.25) is 0 Å². The lowest BCUT2D eigenvalue weighted by molar-refractivity contribution is -0.157. The Morgan fingerprint density at radius 1 is 0.828 bits per heavy atom. The fourth-order valence-corrected chi connectivity index (χ4v) is 3.93. The molecule has 0 N–H and O–H groups in total. The highest BCUT2D eigenvalue weighted by Gasteiger charge is 2.33. The lowest BCUT2D eigenvalue weighted by atomic mass is 10.1. The Kier molecular flexibility index (Phi) is 6.57. The average Bonchev–Trinajstić information content (AvgIpc) is 2.71. The Morgan fingerprint density at radius 3 is 2.00 bits per heavy atom. The molecule has 2 fully saturated rings. The van der Waals surface area contributed by atoms with E-state index in [1.54, 1.807) is 9.80 Å². The van der Waals surface area contributed by atoms with Crippen LogP contribution in [-0.4, -0.2) is 88.7 Å². The maximum Gasteiger partial charge on any atom is 0.312 e. The van der Waals surface area contributed by atoms with Gasteiger partial charge in [-0.15, -0.1) is 0 Å². The van der Waals surface area contributed by atoms with Crippen molar-refractivity contribution in [2.75, 3.05) is 39.3 Å². The fraction of sp³-hybridized carbons (Fsp3) is 0.591. The van der Waals surface area contributed by atoms with Gasteiger partial charge in [0.2, 0.25) is 0 Å². The zero-order valence-electron chi connectivity index (χ0n) is 17.9. The van der Waals surface area contributed by atoms with E-state index in [4.69, 9.17) is 0 Å². The number of hydrogen-bond donors (Lipinski definition) is 0. The average molecular weight is 401 g/mol. The number of hydrogen-bond acceptors (Lipinski definition) is 4. The molecule has 2 heterocycles. The summed E-state index contributed by atoms with van der Waals surface area (Å²) < 4.78 is 0. The molecule has 0 bridgehead atoms. The van der Waals surface area contributed by atoms with Crippen LogP contribution in [0.15, 0.2) is 24.3 Å². The molecule has 0 aromatic heterocycles. The van der Waals surface area contributed by atoms with Crippen LogP contribution in [0.3, 0.4) is 0 Å². The predicted octanol–water partition coefficient (Wildman–Crippen LogP) is 1.43. The first-order chi connectivity index (χ1) is 13.8. The minimum absolute atomic E-state index is 0.0290. The van der Waals surface area contributed by atoms with E-state index in [1.807, 2.05) is 43.0 Å². The molecule has 0 unspecified atom stereocenters. The summed E-state index contributed by atoms with van der Waals surface area (Å²) in [6.07, 6.45) is 0. The van der Waals surface area contributed by atoms with Gasteiger partial charge in [-0.05, 0) is 45.4 Å². The van der Waals surface area contributed by atoms with Gasteiger partial charge in [0.1, 0.15) is 0 Å². The Labute approximate surface area is 173 Å². The minimum atomic E-state index is -0.451. The quantitative estimate of drug-likeness (QED) is 0.702. The van der Waals surface area contributed by atoms with Crippen molar-refractivity contribution in [2.45, 2.75) is 46.3 Å². The van der Waals surface area contributed by atoms with Gasteiger partial charge in [-0.1, -0.05) is 12.1 Å². The molecule has 7 nitrogen and oxygen atoms in total. The number of benzene rings is 1. The van der Waals surface area contributed by atoms with E-state index in [1.165, 1.54) is 0 Å². The van der Waals surface area contributed by atoms with Gasteiger partial charge in [0.05, 0.1) is 0 Å². The van der Waals surface area contributed by atoms with Crippen molar-refractivity contribution in [1.29, 1.82) is 0 Å². The number of carbonyl (C=O) groups excluding carboxylic acids is 3. The molecule has 0 atom stereocenters. The molecule has 2 aliphatic rings. The second kappa shape index (κ2) is 8.95. The molecule has 7 heteroatoms. The van der Waals surface area contributed by atoms with Crippen LogP contribution in [0.5, 0.6) is 0 Å². The lowest BCUT2D eigenvalue weighted by Gasteiger charge is -2.37. The lowest BCUT2D eigenvalue weighted by Crippen LogP contribution is -2.55. The Hall–Kier alpha value is -2.41. The van der Waals surface area contributed by atoms with Crippen molar-refractivity contribution in [3.63, 3.8) is 0 Å². The second-order valence-electron chi connectivity index (χ2n) is 8.44. The van der Waals surface area contributed by atoms with Crippen LogP contribution >= 0.6 is 0 Å². The molecule has 0 spiro atoms.